The van der Waals surface area contributed by atoms with E-state index < -0.39 is 12.0 Å². The molecule has 2 aliphatic heterocycles. The molecular formula is C34H29F2N3O3. The van der Waals surface area contributed by atoms with E-state index in [9.17, 15) is 18.8 Å². The third-order valence-corrected chi connectivity index (χ3v) is 8.09. The van der Waals surface area contributed by atoms with Gasteiger partial charge in [0.05, 0.1) is 6.04 Å². The lowest BCUT2D eigenvalue weighted by molar-refractivity contribution is 0.0689. The van der Waals surface area contributed by atoms with Crippen LogP contribution in [-0.4, -0.2) is 53.2 Å². The molecule has 2 fully saturated rings. The Morgan fingerprint density at radius 2 is 1.43 bits per heavy atom. The highest BCUT2D eigenvalue weighted by Crippen LogP contribution is 2.34. The first-order chi connectivity index (χ1) is 20.4. The quantitative estimate of drug-likeness (QED) is 0.306. The van der Waals surface area contributed by atoms with Crippen LogP contribution < -0.4 is 5.32 Å². The summed E-state index contributed by atoms with van der Waals surface area (Å²) in [5, 5.41) is 2.83. The summed E-state index contributed by atoms with van der Waals surface area (Å²) in [6.07, 6.45) is -0.781. The SMILES string of the molecule is O=C(Nc1ccc(C(=O)N2C[C@@H]3CCN(C(=O)c4cccc(C(F)c5cccc(F)c5)c4)[C@@H]3C2)cc1)c1ccccc1. The number of amides is 3. The number of carbonyl (C=O) groups excluding carboxylic acids is 3. The van der Waals surface area contributed by atoms with Crippen molar-refractivity contribution >= 4 is 23.4 Å². The van der Waals surface area contributed by atoms with Crippen LogP contribution in [0, 0.1) is 11.7 Å². The van der Waals surface area contributed by atoms with Crippen molar-refractivity contribution in [1.29, 1.82) is 0 Å². The number of anilines is 1. The molecule has 3 amide bonds. The van der Waals surface area contributed by atoms with Crippen LogP contribution in [0.5, 0.6) is 0 Å². The number of nitrogens with zero attached hydrogens (tertiary/aromatic N) is 2. The van der Waals surface area contributed by atoms with Gasteiger partial charge in [0.2, 0.25) is 0 Å². The molecule has 0 spiro atoms. The highest BCUT2D eigenvalue weighted by molar-refractivity contribution is 6.04. The number of fused-ring (bicyclic) bond motifs is 1. The average molecular weight is 566 g/mol. The minimum atomic E-state index is -1.56. The molecule has 8 heteroatoms. The van der Waals surface area contributed by atoms with Gasteiger partial charge >= 0.3 is 0 Å². The number of nitrogens with one attached hydrogen (secondary N) is 1. The maximum absolute atomic E-state index is 15.2. The lowest BCUT2D eigenvalue weighted by Gasteiger charge is -2.25. The Bertz CT molecular complexity index is 1630. The monoisotopic (exact) mass is 565 g/mol. The van der Waals surface area contributed by atoms with Crippen LogP contribution in [0.3, 0.4) is 0 Å². The number of halogens is 2. The van der Waals surface area contributed by atoms with Gasteiger partial charge in [-0.2, -0.15) is 0 Å². The smallest absolute Gasteiger partial charge is 0.255 e. The Morgan fingerprint density at radius 1 is 0.738 bits per heavy atom. The second-order valence-electron chi connectivity index (χ2n) is 10.8. The fraction of sp³-hybridized carbons (Fsp3) is 0.206. The molecule has 0 aromatic heterocycles. The molecule has 1 N–H and O–H groups in total. The van der Waals surface area contributed by atoms with Crippen LogP contribution in [0.1, 0.15) is 54.8 Å². The first-order valence-electron chi connectivity index (χ1n) is 13.9. The van der Waals surface area contributed by atoms with Gasteiger partial charge in [0.25, 0.3) is 17.7 Å². The third kappa shape index (κ3) is 5.52. The second kappa shape index (κ2) is 11.6. The molecule has 0 radical (unpaired) electrons. The van der Waals surface area contributed by atoms with Crippen molar-refractivity contribution in [3.63, 3.8) is 0 Å². The third-order valence-electron chi connectivity index (χ3n) is 8.09. The Hall–Kier alpha value is -4.85. The number of likely N-dealkylation sites (tertiary alicyclic amines) is 2. The zero-order valence-corrected chi connectivity index (χ0v) is 22.8. The van der Waals surface area contributed by atoms with Crippen molar-refractivity contribution in [2.45, 2.75) is 18.6 Å². The molecule has 2 heterocycles. The van der Waals surface area contributed by atoms with E-state index in [4.69, 9.17) is 0 Å². The van der Waals surface area contributed by atoms with E-state index in [0.29, 0.717) is 42.0 Å². The molecule has 0 saturated carbocycles. The van der Waals surface area contributed by atoms with Gasteiger partial charge in [-0.05, 0) is 78.2 Å². The van der Waals surface area contributed by atoms with Crippen LogP contribution in [0.25, 0.3) is 0 Å². The van der Waals surface area contributed by atoms with E-state index in [2.05, 4.69) is 5.32 Å². The molecule has 1 unspecified atom stereocenters. The Morgan fingerprint density at radius 3 is 2.17 bits per heavy atom. The molecule has 212 valence electrons. The predicted molar refractivity (Wildman–Crippen MR) is 155 cm³/mol. The minimum Gasteiger partial charge on any atom is -0.336 e. The summed E-state index contributed by atoms with van der Waals surface area (Å²) in [4.78, 5) is 42.8. The summed E-state index contributed by atoms with van der Waals surface area (Å²) < 4.78 is 28.8. The van der Waals surface area contributed by atoms with Crippen molar-refractivity contribution in [3.8, 4) is 0 Å². The molecule has 3 atom stereocenters. The summed E-state index contributed by atoms with van der Waals surface area (Å²) in [6, 6.07) is 27.4. The van der Waals surface area contributed by atoms with Gasteiger partial charge in [0.15, 0.2) is 6.17 Å². The van der Waals surface area contributed by atoms with Crippen molar-refractivity contribution in [3.05, 3.63) is 137 Å². The number of benzene rings is 4. The van der Waals surface area contributed by atoms with Crippen molar-refractivity contribution < 1.29 is 23.2 Å². The van der Waals surface area contributed by atoms with E-state index in [1.165, 1.54) is 24.3 Å². The standard InChI is InChI=1S/C34H29F2N3O3/c35-28-11-5-9-25(19-28)31(36)24-8-4-10-26(18-24)34(42)39-17-16-27-20-38(21-30(27)39)33(41)23-12-14-29(15-13-23)37-32(40)22-6-2-1-3-7-22/h1-15,18-19,27,30-31H,16-17,20-21H2,(H,37,40)/t27-,30+,31?/m0/s1. The number of hydrogen-bond acceptors (Lipinski definition) is 3. The summed E-state index contributed by atoms with van der Waals surface area (Å²) in [5.41, 5.74) is 2.48. The maximum Gasteiger partial charge on any atom is 0.255 e. The van der Waals surface area contributed by atoms with Crippen LogP contribution in [-0.2, 0) is 0 Å². The summed E-state index contributed by atoms with van der Waals surface area (Å²) in [6.45, 7) is 1.53. The first kappa shape index (κ1) is 27.3. The average Bonchev–Trinajstić information content (AvgIpc) is 3.62. The Kier molecular flexibility index (Phi) is 7.52. The van der Waals surface area contributed by atoms with Gasteiger partial charge in [-0.15, -0.1) is 0 Å². The molecule has 6 nitrogen and oxygen atoms in total. The molecule has 42 heavy (non-hydrogen) atoms. The van der Waals surface area contributed by atoms with Gasteiger partial charge < -0.3 is 15.1 Å². The summed E-state index contributed by atoms with van der Waals surface area (Å²) in [7, 11) is 0. The molecular weight excluding hydrogens is 536 g/mol. The highest BCUT2D eigenvalue weighted by atomic mass is 19.1. The van der Waals surface area contributed by atoms with Gasteiger partial charge in [0.1, 0.15) is 5.82 Å². The molecule has 4 aromatic rings. The van der Waals surface area contributed by atoms with E-state index in [0.717, 1.165) is 12.5 Å². The van der Waals surface area contributed by atoms with E-state index >= 15 is 4.39 Å². The number of hydrogen-bond donors (Lipinski definition) is 1. The summed E-state index contributed by atoms with van der Waals surface area (Å²) in [5.74, 6) is -0.921. The minimum absolute atomic E-state index is 0.126. The highest BCUT2D eigenvalue weighted by Gasteiger charge is 2.45. The first-order valence-corrected chi connectivity index (χ1v) is 13.9. The number of alkyl halides is 1. The second-order valence-corrected chi connectivity index (χ2v) is 10.8. The number of rotatable bonds is 6. The Labute approximate surface area is 242 Å². The van der Waals surface area contributed by atoms with Crippen LogP contribution in [0.15, 0.2) is 103 Å². The number of carbonyl (C=O) groups is 3. The molecule has 6 rings (SSSR count). The van der Waals surface area contributed by atoms with Gasteiger partial charge in [0, 0.05) is 47.9 Å². The Balaban J connectivity index is 1.10. The zero-order valence-electron chi connectivity index (χ0n) is 22.8. The normalized spacial score (nSPS) is 18.4. The van der Waals surface area contributed by atoms with Crippen LogP contribution in [0.4, 0.5) is 14.5 Å². The van der Waals surface area contributed by atoms with Crippen molar-refractivity contribution in [2.24, 2.45) is 5.92 Å². The topological polar surface area (TPSA) is 69.7 Å². The molecule has 0 aliphatic carbocycles. The lowest BCUT2D eigenvalue weighted by Crippen LogP contribution is -2.40. The maximum atomic E-state index is 15.2. The fourth-order valence-corrected chi connectivity index (χ4v) is 5.90. The fourth-order valence-electron chi connectivity index (χ4n) is 5.90. The molecule has 4 aromatic carbocycles. The zero-order chi connectivity index (χ0) is 29.2. The van der Waals surface area contributed by atoms with Crippen molar-refractivity contribution in [1.82, 2.24) is 9.80 Å². The lowest BCUT2D eigenvalue weighted by atomic mass is 10.00. The van der Waals surface area contributed by atoms with Gasteiger partial charge in [-0.25, -0.2) is 8.78 Å². The molecule has 0 bridgehead atoms. The van der Waals surface area contributed by atoms with E-state index in [1.54, 1.807) is 76.5 Å². The predicted octanol–water partition coefficient (Wildman–Crippen LogP) is 6.12. The molecule has 2 saturated heterocycles. The van der Waals surface area contributed by atoms with Crippen molar-refractivity contribution in [2.75, 3.05) is 25.0 Å². The molecule has 2 aliphatic rings. The van der Waals surface area contributed by atoms with Crippen LogP contribution >= 0.6 is 0 Å². The largest absolute Gasteiger partial charge is 0.336 e. The van der Waals surface area contributed by atoms with E-state index in [-0.39, 0.29) is 40.8 Å². The van der Waals surface area contributed by atoms with Crippen LogP contribution in [0.2, 0.25) is 0 Å². The van der Waals surface area contributed by atoms with Gasteiger partial charge in [-0.1, -0.05) is 42.5 Å². The van der Waals surface area contributed by atoms with Gasteiger partial charge in [-0.3, -0.25) is 14.4 Å². The summed E-state index contributed by atoms with van der Waals surface area (Å²) >= 11 is 0. The van der Waals surface area contributed by atoms with E-state index in [1.807, 2.05) is 6.07 Å².